The minimum absolute atomic E-state index is 0.475. The Labute approximate surface area is 150 Å². The Hall–Kier alpha value is -2.14. The Kier molecular flexibility index (Phi) is 5.87. The highest BCUT2D eigenvalue weighted by Gasteiger charge is 2.20. The van der Waals surface area contributed by atoms with E-state index in [0.29, 0.717) is 12.6 Å². The summed E-state index contributed by atoms with van der Waals surface area (Å²) in [5.74, 6) is 1.93. The number of aromatic nitrogens is 2. The van der Waals surface area contributed by atoms with Crippen molar-refractivity contribution < 1.29 is 4.74 Å². The number of aryl methyl sites for hydroxylation is 2. The molecule has 1 N–H and O–H groups in total. The summed E-state index contributed by atoms with van der Waals surface area (Å²) in [7, 11) is 0. The van der Waals surface area contributed by atoms with Gasteiger partial charge in [0, 0.05) is 25.7 Å². The number of piperidine rings is 1. The van der Waals surface area contributed by atoms with E-state index in [1.165, 1.54) is 24.0 Å². The average Bonchev–Trinajstić information content (AvgIpc) is 2.62. The highest BCUT2D eigenvalue weighted by atomic mass is 16.5. The summed E-state index contributed by atoms with van der Waals surface area (Å²) < 4.78 is 5.57. The third kappa shape index (κ3) is 4.69. The summed E-state index contributed by atoms with van der Waals surface area (Å²) in [6.45, 7) is 9.75. The fourth-order valence-corrected chi connectivity index (χ4v) is 3.29. The second-order valence-corrected chi connectivity index (χ2v) is 6.72. The Morgan fingerprint density at radius 1 is 1.20 bits per heavy atom. The number of hydrogen-bond acceptors (Lipinski definition) is 5. The van der Waals surface area contributed by atoms with E-state index in [1.807, 2.05) is 19.9 Å². The molecule has 1 saturated heterocycles. The molecule has 0 bridgehead atoms. The predicted molar refractivity (Wildman–Crippen MR) is 101 cm³/mol. The van der Waals surface area contributed by atoms with Crippen molar-refractivity contribution in [1.29, 1.82) is 0 Å². The van der Waals surface area contributed by atoms with E-state index in [1.54, 1.807) is 0 Å². The van der Waals surface area contributed by atoms with Gasteiger partial charge in [-0.2, -0.15) is 5.10 Å². The number of anilines is 1. The standard InChI is InChI=1S/C20H28N4O/c1-4-25-19-9-8-17(15(2)12-19)13-21-18-6-5-11-24(14-18)20-10-7-16(3)22-23-20/h7-10,12,18,21H,4-6,11,13-14H2,1-3H3. The molecule has 0 saturated carbocycles. The molecule has 2 heterocycles. The van der Waals surface area contributed by atoms with Crippen molar-refractivity contribution in [2.24, 2.45) is 0 Å². The van der Waals surface area contributed by atoms with E-state index in [0.717, 1.165) is 36.9 Å². The SMILES string of the molecule is CCOc1ccc(CNC2CCCN(c3ccc(C)nn3)C2)c(C)c1. The fourth-order valence-electron chi connectivity index (χ4n) is 3.29. The molecule has 0 amide bonds. The van der Waals surface area contributed by atoms with Crippen molar-refractivity contribution in [2.75, 3.05) is 24.6 Å². The summed E-state index contributed by atoms with van der Waals surface area (Å²) in [6, 6.07) is 10.9. The van der Waals surface area contributed by atoms with Crippen LogP contribution in [0, 0.1) is 13.8 Å². The summed E-state index contributed by atoms with van der Waals surface area (Å²) >= 11 is 0. The predicted octanol–water partition coefficient (Wildman–Crippen LogP) is 3.25. The first kappa shape index (κ1) is 17.7. The molecule has 0 spiro atoms. The van der Waals surface area contributed by atoms with Crippen LogP contribution in [-0.4, -0.2) is 35.9 Å². The van der Waals surface area contributed by atoms with Crippen molar-refractivity contribution in [1.82, 2.24) is 15.5 Å². The topological polar surface area (TPSA) is 50.3 Å². The first-order valence-electron chi connectivity index (χ1n) is 9.16. The van der Waals surface area contributed by atoms with E-state index in [2.05, 4.69) is 51.6 Å². The zero-order valence-electron chi connectivity index (χ0n) is 15.5. The van der Waals surface area contributed by atoms with Crippen LogP contribution in [0.1, 0.15) is 36.6 Å². The molecule has 1 aromatic heterocycles. The van der Waals surface area contributed by atoms with Crippen LogP contribution in [0.4, 0.5) is 5.82 Å². The minimum Gasteiger partial charge on any atom is -0.494 e. The molecule has 134 valence electrons. The van der Waals surface area contributed by atoms with Gasteiger partial charge < -0.3 is 15.0 Å². The first-order chi connectivity index (χ1) is 12.2. The van der Waals surface area contributed by atoms with Crippen LogP contribution in [0.3, 0.4) is 0 Å². The highest BCUT2D eigenvalue weighted by molar-refractivity contribution is 5.38. The summed E-state index contributed by atoms with van der Waals surface area (Å²) in [6.07, 6.45) is 2.38. The lowest BCUT2D eigenvalue weighted by Gasteiger charge is -2.34. The van der Waals surface area contributed by atoms with Gasteiger partial charge in [0.05, 0.1) is 12.3 Å². The van der Waals surface area contributed by atoms with E-state index < -0.39 is 0 Å². The number of rotatable bonds is 6. The lowest BCUT2D eigenvalue weighted by molar-refractivity contribution is 0.340. The molecule has 0 radical (unpaired) electrons. The van der Waals surface area contributed by atoms with Gasteiger partial charge in [0.15, 0.2) is 5.82 Å². The molecule has 5 heteroatoms. The molecule has 1 aliphatic heterocycles. The summed E-state index contributed by atoms with van der Waals surface area (Å²) in [4.78, 5) is 2.33. The molecule has 1 unspecified atom stereocenters. The van der Waals surface area contributed by atoms with E-state index in [9.17, 15) is 0 Å². The Bertz CT molecular complexity index is 687. The van der Waals surface area contributed by atoms with Gasteiger partial charge >= 0.3 is 0 Å². The van der Waals surface area contributed by atoms with Gasteiger partial charge in [-0.15, -0.1) is 5.10 Å². The van der Waals surface area contributed by atoms with Crippen LogP contribution in [0.25, 0.3) is 0 Å². The van der Waals surface area contributed by atoms with E-state index >= 15 is 0 Å². The first-order valence-corrected chi connectivity index (χ1v) is 9.16. The van der Waals surface area contributed by atoms with Crippen LogP contribution in [-0.2, 0) is 6.54 Å². The third-order valence-electron chi connectivity index (χ3n) is 4.74. The van der Waals surface area contributed by atoms with Crippen molar-refractivity contribution in [3.8, 4) is 5.75 Å². The normalized spacial score (nSPS) is 17.6. The zero-order chi connectivity index (χ0) is 17.6. The number of ether oxygens (including phenoxy) is 1. The minimum atomic E-state index is 0.475. The second-order valence-electron chi connectivity index (χ2n) is 6.72. The van der Waals surface area contributed by atoms with Gasteiger partial charge in [-0.05, 0) is 69.0 Å². The average molecular weight is 340 g/mol. The van der Waals surface area contributed by atoms with Crippen LogP contribution in [0.5, 0.6) is 5.75 Å². The molecular formula is C20H28N4O. The molecule has 2 aromatic rings. The number of hydrogen-bond donors (Lipinski definition) is 1. The quantitative estimate of drug-likeness (QED) is 0.875. The van der Waals surface area contributed by atoms with Gasteiger partial charge in [-0.25, -0.2) is 0 Å². The van der Waals surface area contributed by atoms with Gasteiger partial charge in [0.25, 0.3) is 0 Å². The third-order valence-corrected chi connectivity index (χ3v) is 4.74. The smallest absolute Gasteiger partial charge is 0.151 e. The molecule has 0 aliphatic carbocycles. The highest BCUT2D eigenvalue weighted by Crippen LogP contribution is 2.20. The lowest BCUT2D eigenvalue weighted by atomic mass is 10.0. The second kappa shape index (κ2) is 8.30. The van der Waals surface area contributed by atoms with Gasteiger partial charge in [-0.1, -0.05) is 6.07 Å². The van der Waals surface area contributed by atoms with Gasteiger partial charge in [0.2, 0.25) is 0 Å². The van der Waals surface area contributed by atoms with Crippen molar-refractivity contribution in [3.63, 3.8) is 0 Å². The van der Waals surface area contributed by atoms with Crippen LogP contribution in [0.15, 0.2) is 30.3 Å². The molecule has 5 nitrogen and oxygen atoms in total. The van der Waals surface area contributed by atoms with Crippen molar-refractivity contribution >= 4 is 5.82 Å². The van der Waals surface area contributed by atoms with E-state index in [-0.39, 0.29) is 0 Å². The summed E-state index contributed by atoms with van der Waals surface area (Å²) in [5.41, 5.74) is 3.56. The summed E-state index contributed by atoms with van der Waals surface area (Å²) in [5, 5.41) is 12.2. The maximum absolute atomic E-state index is 5.57. The molecule has 1 fully saturated rings. The molecule has 1 aromatic carbocycles. The zero-order valence-corrected chi connectivity index (χ0v) is 15.5. The van der Waals surface area contributed by atoms with E-state index in [4.69, 9.17) is 4.74 Å². The van der Waals surface area contributed by atoms with Crippen molar-refractivity contribution in [3.05, 3.63) is 47.2 Å². The lowest BCUT2D eigenvalue weighted by Crippen LogP contribution is -2.45. The monoisotopic (exact) mass is 340 g/mol. The number of nitrogens with one attached hydrogen (secondary N) is 1. The van der Waals surface area contributed by atoms with Crippen LogP contribution < -0.4 is 15.0 Å². The Morgan fingerprint density at radius 2 is 2.08 bits per heavy atom. The van der Waals surface area contributed by atoms with Crippen LogP contribution in [0.2, 0.25) is 0 Å². The maximum atomic E-state index is 5.57. The Morgan fingerprint density at radius 3 is 2.80 bits per heavy atom. The fraction of sp³-hybridized carbons (Fsp3) is 0.500. The Balaban J connectivity index is 1.57. The molecule has 25 heavy (non-hydrogen) atoms. The van der Waals surface area contributed by atoms with Gasteiger partial charge in [0.1, 0.15) is 5.75 Å². The number of benzene rings is 1. The van der Waals surface area contributed by atoms with Crippen molar-refractivity contribution in [2.45, 2.75) is 46.2 Å². The van der Waals surface area contributed by atoms with Gasteiger partial charge in [-0.3, -0.25) is 0 Å². The number of nitrogens with zero attached hydrogens (tertiary/aromatic N) is 3. The maximum Gasteiger partial charge on any atom is 0.151 e. The largest absolute Gasteiger partial charge is 0.494 e. The molecule has 3 rings (SSSR count). The molecule has 1 atom stereocenters. The molecule has 1 aliphatic rings. The molecular weight excluding hydrogens is 312 g/mol. The van der Waals surface area contributed by atoms with Crippen LogP contribution >= 0.6 is 0 Å².